The molecule has 14 heteroatoms. The smallest absolute Gasteiger partial charge is 0.350 e. The third-order valence-corrected chi connectivity index (χ3v) is 9.86. The van der Waals surface area contributed by atoms with Gasteiger partial charge in [0.05, 0.1) is 42.0 Å². The number of benzene rings is 3. The number of anilines is 2. The lowest BCUT2D eigenvalue weighted by Gasteiger charge is -2.37. The molecule has 0 spiro atoms. The van der Waals surface area contributed by atoms with Gasteiger partial charge in [-0.1, -0.05) is 30.7 Å². The maximum atomic E-state index is 12.8. The molecule has 1 unspecified atom stereocenters. The van der Waals surface area contributed by atoms with E-state index in [1.807, 2.05) is 75.4 Å². The summed E-state index contributed by atoms with van der Waals surface area (Å²) in [4.78, 5) is 18.9. The Kier molecular flexibility index (Phi) is 9.82. The molecule has 5 aromatic rings. The van der Waals surface area contributed by atoms with Crippen LogP contribution in [0.25, 0.3) is 5.69 Å². The molecule has 2 aliphatic rings. The van der Waals surface area contributed by atoms with Gasteiger partial charge in [-0.05, 0) is 74.4 Å². The van der Waals surface area contributed by atoms with Crippen molar-refractivity contribution >= 4 is 23.0 Å². The Morgan fingerprint density at radius 2 is 1.73 bits per heavy atom. The Morgan fingerprint density at radius 1 is 1.00 bits per heavy atom. The summed E-state index contributed by atoms with van der Waals surface area (Å²) in [6, 6.07) is 21.8. The van der Waals surface area contributed by atoms with E-state index in [0.717, 1.165) is 55.2 Å². The van der Waals surface area contributed by atoms with Crippen molar-refractivity contribution in [3.63, 3.8) is 0 Å². The van der Waals surface area contributed by atoms with E-state index in [-0.39, 0.29) is 31.5 Å². The minimum Gasteiger partial charge on any atom is -0.491 e. The molecule has 13 nitrogen and oxygen atoms in total. The van der Waals surface area contributed by atoms with Gasteiger partial charge >= 0.3 is 5.69 Å². The zero-order chi connectivity index (χ0) is 35.5. The van der Waals surface area contributed by atoms with Crippen molar-refractivity contribution < 1.29 is 14.2 Å². The summed E-state index contributed by atoms with van der Waals surface area (Å²) in [6.45, 7) is 9.79. The highest BCUT2D eigenvalue weighted by molar-refractivity contribution is 6.31. The topological polar surface area (TPSA) is 128 Å². The number of aryl methyl sites for hydroxylation is 1. The van der Waals surface area contributed by atoms with Gasteiger partial charge in [0.2, 0.25) is 5.79 Å². The van der Waals surface area contributed by atoms with Crippen LogP contribution in [0, 0.1) is 18.3 Å². The molecule has 0 radical (unpaired) electrons. The molecule has 2 aliphatic heterocycles. The first kappa shape index (κ1) is 34.3. The van der Waals surface area contributed by atoms with Crippen LogP contribution in [-0.2, 0) is 21.8 Å². The first-order chi connectivity index (χ1) is 24.8. The normalized spacial score (nSPS) is 19.6. The number of piperazine rings is 1. The number of hydrogen-bond acceptors (Lipinski definition) is 10. The lowest BCUT2D eigenvalue weighted by atomic mass is 10.0. The van der Waals surface area contributed by atoms with Crippen molar-refractivity contribution in [3.8, 4) is 17.5 Å². The number of hydrogen-bond donors (Lipinski definition) is 0. The van der Waals surface area contributed by atoms with Crippen LogP contribution in [-0.4, -0.2) is 74.8 Å². The Labute approximate surface area is 301 Å². The number of ether oxygens (including phenoxy) is 3. The van der Waals surface area contributed by atoms with Crippen LogP contribution in [0.4, 0.5) is 11.4 Å². The summed E-state index contributed by atoms with van der Waals surface area (Å²) < 4.78 is 22.0. The summed E-state index contributed by atoms with van der Waals surface area (Å²) in [5.74, 6) is -0.605. The molecular weight excluding hydrogens is 670 g/mol. The maximum Gasteiger partial charge on any atom is 0.350 e. The molecule has 2 fully saturated rings. The van der Waals surface area contributed by atoms with Gasteiger partial charge in [0.15, 0.2) is 0 Å². The van der Waals surface area contributed by atoms with Gasteiger partial charge in [-0.25, -0.2) is 14.0 Å². The monoisotopic (exact) mass is 709 g/mol. The van der Waals surface area contributed by atoms with E-state index in [1.54, 1.807) is 29.4 Å². The average Bonchev–Trinajstić information content (AvgIpc) is 3.91. The third kappa shape index (κ3) is 7.08. The van der Waals surface area contributed by atoms with Crippen molar-refractivity contribution in [1.82, 2.24) is 29.3 Å². The van der Waals surface area contributed by atoms with Crippen molar-refractivity contribution in [1.29, 1.82) is 5.26 Å². The van der Waals surface area contributed by atoms with Gasteiger partial charge in [0.25, 0.3) is 0 Å². The summed E-state index contributed by atoms with van der Waals surface area (Å²) in [5, 5.41) is 23.4. The Hall–Kier alpha value is -5.16. The second-order valence-electron chi connectivity index (χ2n) is 12.9. The van der Waals surface area contributed by atoms with Gasteiger partial charge < -0.3 is 24.0 Å². The van der Waals surface area contributed by atoms with E-state index in [1.165, 1.54) is 9.48 Å². The predicted octanol–water partition coefficient (Wildman–Crippen LogP) is 5.10. The lowest BCUT2D eigenvalue weighted by molar-refractivity contribution is -0.192. The molecule has 0 amide bonds. The van der Waals surface area contributed by atoms with Crippen LogP contribution in [0.1, 0.15) is 43.0 Å². The molecule has 51 heavy (non-hydrogen) atoms. The highest BCUT2D eigenvalue weighted by Gasteiger charge is 2.46. The number of aromatic nitrogens is 6. The van der Waals surface area contributed by atoms with E-state index < -0.39 is 11.9 Å². The van der Waals surface area contributed by atoms with E-state index in [4.69, 9.17) is 25.8 Å². The number of nitriles is 1. The second-order valence-corrected chi connectivity index (χ2v) is 13.3. The highest BCUT2D eigenvalue weighted by atomic mass is 35.5. The third-order valence-electron chi connectivity index (χ3n) is 9.55. The SMILES string of the molecule is CCC(C)n1ncn(-c2ccc(N3CCN(c4ccc(OC[C@@H]5CO[C@@](Cn6nccn6)(c6ccc(C)cc6Cl)O5)cc4C#N)CC3)cc2)c1=O. The summed E-state index contributed by atoms with van der Waals surface area (Å²) in [6.07, 6.45) is 5.23. The Morgan fingerprint density at radius 3 is 2.43 bits per heavy atom. The number of rotatable bonds is 11. The minimum atomic E-state index is -1.18. The van der Waals surface area contributed by atoms with Crippen molar-refractivity contribution in [2.24, 2.45) is 0 Å². The van der Waals surface area contributed by atoms with E-state index in [0.29, 0.717) is 21.9 Å². The van der Waals surface area contributed by atoms with Gasteiger partial charge in [-0.3, -0.25) is 0 Å². The molecule has 4 heterocycles. The molecule has 0 bridgehead atoms. The van der Waals surface area contributed by atoms with Crippen molar-refractivity contribution in [3.05, 3.63) is 112 Å². The fourth-order valence-corrected chi connectivity index (χ4v) is 6.93. The van der Waals surface area contributed by atoms with Crippen LogP contribution < -0.4 is 20.2 Å². The van der Waals surface area contributed by atoms with Gasteiger partial charge in [0.1, 0.15) is 37.4 Å². The average molecular weight is 710 g/mol. The Bertz CT molecular complexity index is 2070. The quantitative estimate of drug-likeness (QED) is 0.183. The molecule has 0 N–H and O–H groups in total. The zero-order valence-electron chi connectivity index (χ0n) is 28.9. The van der Waals surface area contributed by atoms with Crippen LogP contribution in [0.5, 0.6) is 5.75 Å². The molecule has 7 rings (SSSR count). The molecule has 0 aliphatic carbocycles. The summed E-state index contributed by atoms with van der Waals surface area (Å²) >= 11 is 6.66. The van der Waals surface area contributed by atoms with Crippen LogP contribution in [0.15, 0.2) is 84.2 Å². The number of nitrogens with zero attached hydrogens (tertiary/aromatic N) is 9. The van der Waals surface area contributed by atoms with Gasteiger partial charge in [0, 0.05) is 42.5 Å². The fourth-order valence-electron chi connectivity index (χ4n) is 6.55. The molecular formula is C37H40ClN9O4. The summed E-state index contributed by atoms with van der Waals surface area (Å²) in [5.41, 5.74) is 4.87. The van der Waals surface area contributed by atoms with E-state index >= 15 is 0 Å². The first-order valence-electron chi connectivity index (χ1n) is 17.1. The fraction of sp³-hybridized carbons (Fsp3) is 0.378. The Balaban J connectivity index is 0.967. The molecule has 3 atom stereocenters. The van der Waals surface area contributed by atoms with Gasteiger partial charge in [-0.15, -0.1) is 0 Å². The van der Waals surface area contributed by atoms with Crippen molar-refractivity contribution in [2.75, 3.05) is 49.2 Å². The summed E-state index contributed by atoms with van der Waals surface area (Å²) in [7, 11) is 0. The van der Waals surface area contributed by atoms with Crippen molar-refractivity contribution in [2.45, 2.75) is 51.7 Å². The second kappa shape index (κ2) is 14.6. The van der Waals surface area contributed by atoms with E-state index in [2.05, 4.69) is 31.2 Å². The first-order valence-corrected chi connectivity index (χ1v) is 17.5. The lowest BCUT2D eigenvalue weighted by Crippen LogP contribution is -2.46. The van der Waals surface area contributed by atoms with E-state index in [9.17, 15) is 10.1 Å². The zero-order valence-corrected chi connectivity index (χ0v) is 29.6. The molecule has 2 saturated heterocycles. The standard InChI is InChI=1S/C37H40ClN9O4/c1-4-27(3)47-36(48)45(25-42-47)30-8-6-29(7-9-30)43-15-17-44(18-16-43)35-12-10-31(20-28(35)21-39)49-22-32-23-50-37(51-32,24-46-40-13-14-41-46)33-11-5-26(2)19-34(33)38/h5-14,19-20,25,27,32H,4,15-18,22-24H2,1-3H3/t27?,32-,37-/m1/s1. The predicted molar refractivity (Wildman–Crippen MR) is 193 cm³/mol. The molecule has 3 aromatic carbocycles. The van der Waals surface area contributed by atoms with Crippen LogP contribution in [0.3, 0.4) is 0 Å². The van der Waals surface area contributed by atoms with Crippen LogP contribution in [0.2, 0.25) is 5.02 Å². The minimum absolute atomic E-state index is 0.0458. The highest BCUT2D eigenvalue weighted by Crippen LogP contribution is 2.40. The molecule has 264 valence electrons. The van der Waals surface area contributed by atoms with Gasteiger partial charge in [-0.2, -0.15) is 25.4 Å². The molecule has 2 aromatic heterocycles. The molecule has 0 saturated carbocycles. The van der Waals surface area contributed by atoms with Crippen LogP contribution >= 0.6 is 11.6 Å². The largest absolute Gasteiger partial charge is 0.491 e. The maximum absolute atomic E-state index is 12.8. The number of halogens is 1.